The number of allylic oxidation sites excluding steroid dienone is 1. The van der Waals surface area contributed by atoms with Crippen LogP contribution >= 0.6 is 15.9 Å². The topological polar surface area (TPSA) is 33.1 Å². The van der Waals surface area contributed by atoms with Crippen LogP contribution in [0, 0.1) is 0 Å². The van der Waals surface area contributed by atoms with Crippen LogP contribution in [0.5, 0.6) is 0 Å². The molecule has 1 aliphatic rings. The number of halogens is 1. The number of hydrogen-bond donors (Lipinski definition) is 1. The van der Waals surface area contributed by atoms with Crippen LogP contribution in [0.4, 0.5) is 0 Å². The average Bonchev–Trinajstić information content (AvgIpc) is 2.19. The van der Waals surface area contributed by atoms with E-state index in [1.807, 2.05) is 12.1 Å². The molecule has 74 valence electrons. The van der Waals surface area contributed by atoms with E-state index in [2.05, 4.69) is 27.0 Å². The van der Waals surface area contributed by atoms with Gasteiger partial charge >= 0.3 is 0 Å². The van der Waals surface area contributed by atoms with Crippen LogP contribution in [0.2, 0.25) is 0 Å². The summed E-state index contributed by atoms with van der Waals surface area (Å²) in [4.78, 5) is 4.31. The van der Waals surface area contributed by atoms with Crippen molar-refractivity contribution in [2.45, 2.75) is 25.4 Å². The van der Waals surface area contributed by atoms with Gasteiger partial charge in [-0.15, -0.1) is 0 Å². The highest BCUT2D eigenvalue weighted by Gasteiger charge is 2.13. The molecule has 2 rings (SSSR count). The Morgan fingerprint density at radius 2 is 2.36 bits per heavy atom. The van der Waals surface area contributed by atoms with Crippen molar-refractivity contribution >= 4 is 21.5 Å². The summed E-state index contributed by atoms with van der Waals surface area (Å²) in [5.41, 5.74) is 2.27. The largest absolute Gasteiger partial charge is 0.393 e. The van der Waals surface area contributed by atoms with Gasteiger partial charge in [0.25, 0.3) is 0 Å². The van der Waals surface area contributed by atoms with Gasteiger partial charge in [0.15, 0.2) is 0 Å². The maximum absolute atomic E-state index is 9.35. The van der Waals surface area contributed by atoms with Gasteiger partial charge in [0.2, 0.25) is 0 Å². The van der Waals surface area contributed by atoms with E-state index < -0.39 is 0 Å². The number of nitrogens with zero attached hydrogens (tertiary/aromatic N) is 1. The summed E-state index contributed by atoms with van der Waals surface area (Å²) in [6.07, 6.45) is 6.24. The number of pyridine rings is 1. The van der Waals surface area contributed by atoms with Gasteiger partial charge in [-0.25, -0.2) is 0 Å². The molecule has 1 N–H and O–H groups in total. The minimum Gasteiger partial charge on any atom is -0.393 e. The van der Waals surface area contributed by atoms with Crippen LogP contribution in [0.15, 0.2) is 28.9 Å². The molecule has 3 heteroatoms. The molecule has 0 amide bonds. The van der Waals surface area contributed by atoms with Crippen molar-refractivity contribution in [1.29, 1.82) is 0 Å². The molecule has 0 spiro atoms. The molecule has 0 aromatic carbocycles. The Hall–Kier alpha value is -0.670. The SMILES string of the molecule is OC1CC=C(c2cc(Br)ccn2)CC1. The third-order valence-corrected chi connectivity index (χ3v) is 2.93. The molecule has 1 aromatic heterocycles. The highest BCUT2D eigenvalue weighted by atomic mass is 79.9. The lowest BCUT2D eigenvalue weighted by molar-refractivity contribution is 0.166. The summed E-state index contributed by atoms with van der Waals surface area (Å²) in [5, 5.41) is 9.35. The van der Waals surface area contributed by atoms with Gasteiger partial charge in [0.05, 0.1) is 11.8 Å². The maximum atomic E-state index is 9.35. The summed E-state index contributed by atoms with van der Waals surface area (Å²) < 4.78 is 1.05. The summed E-state index contributed by atoms with van der Waals surface area (Å²) in [7, 11) is 0. The number of aliphatic hydroxyl groups excluding tert-OH is 1. The first kappa shape index (κ1) is 9.87. The zero-order valence-corrected chi connectivity index (χ0v) is 9.37. The Kier molecular flexibility index (Phi) is 2.99. The first-order valence-electron chi connectivity index (χ1n) is 4.75. The first-order chi connectivity index (χ1) is 6.75. The second-order valence-corrected chi connectivity index (χ2v) is 4.43. The lowest BCUT2D eigenvalue weighted by atomic mass is 9.95. The number of rotatable bonds is 1. The van der Waals surface area contributed by atoms with Gasteiger partial charge in [0, 0.05) is 10.7 Å². The molecule has 14 heavy (non-hydrogen) atoms. The molecule has 1 atom stereocenters. The van der Waals surface area contributed by atoms with Crippen LogP contribution in [-0.2, 0) is 0 Å². The van der Waals surface area contributed by atoms with E-state index in [9.17, 15) is 5.11 Å². The van der Waals surface area contributed by atoms with Crippen LogP contribution in [0.25, 0.3) is 5.57 Å². The lowest BCUT2D eigenvalue weighted by Crippen LogP contribution is -2.10. The Labute approximate surface area is 91.8 Å². The van der Waals surface area contributed by atoms with Gasteiger partial charge in [-0.2, -0.15) is 0 Å². The van der Waals surface area contributed by atoms with Crippen molar-refractivity contribution in [2.24, 2.45) is 0 Å². The summed E-state index contributed by atoms with van der Waals surface area (Å²) in [6, 6.07) is 3.94. The number of hydrogen-bond acceptors (Lipinski definition) is 2. The molecule has 1 aromatic rings. The van der Waals surface area contributed by atoms with E-state index in [1.54, 1.807) is 6.20 Å². The molecular formula is C11H12BrNO. The molecule has 0 fully saturated rings. The van der Waals surface area contributed by atoms with Crippen LogP contribution < -0.4 is 0 Å². The summed E-state index contributed by atoms with van der Waals surface area (Å²) >= 11 is 3.42. The third kappa shape index (κ3) is 2.22. The van der Waals surface area contributed by atoms with Crippen molar-refractivity contribution in [2.75, 3.05) is 0 Å². The lowest BCUT2D eigenvalue weighted by Gasteiger charge is -2.16. The molecule has 2 nitrogen and oxygen atoms in total. The second kappa shape index (κ2) is 4.24. The Morgan fingerprint density at radius 1 is 1.50 bits per heavy atom. The fourth-order valence-corrected chi connectivity index (χ4v) is 1.97. The van der Waals surface area contributed by atoms with Gasteiger partial charge in [-0.1, -0.05) is 22.0 Å². The van der Waals surface area contributed by atoms with Crippen LogP contribution in [0.1, 0.15) is 25.0 Å². The van der Waals surface area contributed by atoms with Gasteiger partial charge in [0.1, 0.15) is 0 Å². The van der Waals surface area contributed by atoms with Crippen molar-refractivity contribution in [3.63, 3.8) is 0 Å². The summed E-state index contributed by atoms with van der Waals surface area (Å²) in [6.45, 7) is 0. The smallest absolute Gasteiger partial charge is 0.0669 e. The fraction of sp³-hybridized carbons (Fsp3) is 0.364. The molecule has 1 heterocycles. The maximum Gasteiger partial charge on any atom is 0.0669 e. The van der Waals surface area contributed by atoms with Gasteiger partial charge in [-0.05, 0) is 37.0 Å². The van der Waals surface area contributed by atoms with E-state index in [0.717, 1.165) is 29.4 Å². The zero-order chi connectivity index (χ0) is 9.97. The Balaban J connectivity index is 2.23. The third-order valence-electron chi connectivity index (χ3n) is 2.43. The van der Waals surface area contributed by atoms with Crippen molar-refractivity contribution in [1.82, 2.24) is 4.98 Å². The monoisotopic (exact) mass is 253 g/mol. The molecule has 0 aliphatic heterocycles. The van der Waals surface area contributed by atoms with Crippen LogP contribution in [-0.4, -0.2) is 16.2 Å². The minimum absolute atomic E-state index is 0.161. The summed E-state index contributed by atoms with van der Waals surface area (Å²) in [5.74, 6) is 0. The minimum atomic E-state index is -0.161. The van der Waals surface area contributed by atoms with E-state index in [1.165, 1.54) is 5.57 Å². The van der Waals surface area contributed by atoms with Crippen molar-refractivity contribution in [3.8, 4) is 0 Å². The molecule has 1 aliphatic carbocycles. The average molecular weight is 254 g/mol. The normalized spacial score (nSPS) is 21.9. The molecular weight excluding hydrogens is 242 g/mol. The predicted octanol–water partition coefficient (Wildman–Crippen LogP) is 2.77. The second-order valence-electron chi connectivity index (χ2n) is 3.52. The van der Waals surface area contributed by atoms with Crippen molar-refractivity contribution in [3.05, 3.63) is 34.6 Å². The molecule has 0 saturated carbocycles. The number of aromatic nitrogens is 1. The highest BCUT2D eigenvalue weighted by molar-refractivity contribution is 9.10. The Bertz CT molecular complexity index is 362. The van der Waals surface area contributed by atoms with Gasteiger partial charge < -0.3 is 5.11 Å². The van der Waals surface area contributed by atoms with Gasteiger partial charge in [-0.3, -0.25) is 4.98 Å². The molecule has 0 radical (unpaired) electrons. The number of aliphatic hydroxyl groups is 1. The predicted molar refractivity (Wildman–Crippen MR) is 59.8 cm³/mol. The van der Waals surface area contributed by atoms with Crippen LogP contribution in [0.3, 0.4) is 0 Å². The standard InChI is InChI=1S/C11H12BrNO/c12-9-5-6-13-11(7-9)8-1-3-10(14)4-2-8/h1,5-7,10,14H,2-4H2. The highest BCUT2D eigenvalue weighted by Crippen LogP contribution is 2.26. The molecule has 1 unspecified atom stereocenters. The first-order valence-corrected chi connectivity index (χ1v) is 5.54. The fourth-order valence-electron chi connectivity index (χ4n) is 1.63. The van der Waals surface area contributed by atoms with E-state index in [0.29, 0.717) is 0 Å². The zero-order valence-electron chi connectivity index (χ0n) is 7.78. The quantitative estimate of drug-likeness (QED) is 0.835. The van der Waals surface area contributed by atoms with E-state index in [4.69, 9.17) is 0 Å². The molecule has 0 saturated heterocycles. The Morgan fingerprint density at radius 3 is 3.00 bits per heavy atom. The van der Waals surface area contributed by atoms with E-state index >= 15 is 0 Å². The van der Waals surface area contributed by atoms with Crippen molar-refractivity contribution < 1.29 is 5.11 Å². The molecule has 0 bridgehead atoms. The van der Waals surface area contributed by atoms with E-state index in [-0.39, 0.29) is 6.10 Å².